The standard InChI is InChI=1S/C16H15F3N4O/c1-24-12(8-20)10-4-2-3-9(7-10)11-5-6-21-15-13(11)14(22-23-15)16(17,18)19/h2-7,12H,8,20H2,1H3,(H,21,22,23). The quantitative estimate of drug-likeness (QED) is 0.766. The van der Waals surface area contributed by atoms with Crippen LogP contribution >= 0.6 is 0 Å². The zero-order valence-electron chi connectivity index (χ0n) is 12.8. The van der Waals surface area contributed by atoms with Crippen molar-refractivity contribution in [3.05, 3.63) is 47.8 Å². The summed E-state index contributed by atoms with van der Waals surface area (Å²) in [7, 11) is 1.53. The van der Waals surface area contributed by atoms with Crippen molar-refractivity contribution in [3.8, 4) is 11.1 Å². The number of H-pyrrole nitrogens is 1. The minimum Gasteiger partial charge on any atom is -0.375 e. The molecule has 1 atom stereocenters. The molecule has 0 bridgehead atoms. The fourth-order valence-corrected chi connectivity index (χ4v) is 2.67. The van der Waals surface area contributed by atoms with Crippen molar-refractivity contribution in [3.63, 3.8) is 0 Å². The lowest BCUT2D eigenvalue weighted by atomic mass is 9.98. The van der Waals surface area contributed by atoms with Crippen LogP contribution in [0.4, 0.5) is 13.2 Å². The number of halogens is 3. The first-order valence-electron chi connectivity index (χ1n) is 7.19. The second-order valence-corrected chi connectivity index (χ2v) is 5.24. The van der Waals surface area contributed by atoms with Crippen LogP contribution in [0.1, 0.15) is 17.4 Å². The molecule has 1 unspecified atom stereocenters. The van der Waals surface area contributed by atoms with E-state index in [2.05, 4.69) is 10.1 Å². The van der Waals surface area contributed by atoms with E-state index in [1.807, 2.05) is 11.2 Å². The summed E-state index contributed by atoms with van der Waals surface area (Å²) < 4.78 is 45.0. The summed E-state index contributed by atoms with van der Waals surface area (Å²) in [5.41, 5.74) is 6.57. The first-order valence-corrected chi connectivity index (χ1v) is 7.19. The van der Waals surface area contributed by atoms with Gasteiger partial charge in [0.05, 0.1) is 11.5 Å². The van der Waals surface area contributed by atoms with Gasteiger partial charge in [-0.1, -0.05) is 18.2 Å². The smallest absolute Gasteiger partial charge is 0.375 e. The average molecular weight is 336 g/mol. The van der Waals surface area contributed by atoms with E-state index in [4.69, 9.17) is 10.5 Å². The van der Waals surface area contributed by atoms with E-state index >= 15 is 0 Å². The molecule has 3 rings (SSSR count). The predicted octanol–water partition coefficient (Wildman–Crippen LogP) is 3.29. The van der Waals surface area contributed by atoms with E-state index in [1.165, 1.54) is 19.4 Å². The lowest BCUT2D eigenvalue weighted by Gasteiger charge is -2.15. The Morgan fingerprint density at radius 1 is 1.29 bits per heavy atom. The summed E-state index contributed by atoms with van der Waals surface area (Å²) in [5.74, 6) is 0. The number of alkyl halides is 3. The maximum absolute atomic E-state index is 13.2. The van der Waals surface area contributed by atoms with Gasteiger partial charge in [-0.05, 0) is 28.8 Å². The molecule has 126 valence electrons. The van der Waals surface area contributed by atoms with Gasteiger partial charge >= 0.3 is 6.18 Å². The van der Waals surface area contributed by atoms with E-state index < -0.39 is 11.9 Å². The van der Waals surface area contributed by atoms with Gasteiger partial charge in [-0.15, -0.1) is 0 Å². The highest BCUT2D eigenvalue weighted by Crippen LogP contribution is 2.38. The number of benzene rings is 1. The lowest BCUT2D eigenvalue weighted by Crippen LogP contribution is -2.14. The van der Waals surface area contributed by atoms with Gasteiger partial charge in [0, 0.05) is 19.9 Å². The van der Waals surface area contributed by atoms with Crippen LogP contribution in [0.15, 0.2) is 36.5 Å². The van der Waals surface area contributed by atoms with Crippen molar-refractivity contribution in [1.29, 1.82) is 0 Å². The second kappa shape index (κ2) is 6.21. The van der Waals surface area contributed by atoms with Gasteiger partial charge in [0.2, 0.25) is 0 Å². The number of aromatic amines is 1. The Hall–Kier alpha value is -2.45. The first kappa shape index (κ1) is 16.4. The third-order valence-electron chi connectivity index (χ3n) is 3.81. The highest BCUT2D eigenvalue weighted by Gasteiger charge is 2.36. The van der Waals surface area contributed by atoms with E-state index in [0.29, 0.717) is 11.1 Å². The van der Waals surface area contributed by atoms with E-state index in [-0.39, 0.29) is 23.7 Å². The summed E-state index contributed by atoms with van der Waals surface area (Å²) in [6, 6.07) is 8.61. The number of hydrogen-bond acceptors (Lipinski definition) is 4. The Balaban J connectivity index is 2.20. The van der Waals surface area contributed by atoms with Crippen molar-refractivity contribution < 1.29 is 17.9 Å². The predicted molar refractivity (Wildman–Crippen MR) is 83.1 cm³/mol. The zero-order chi connectivity index (χ0) is 17.3. The third-order valence-corrected chi connectivity index (χ3v) is 3.81. The van der Waals surface area contributed by atoms with Gasteiger partial charge in [-0.25, -0.2) is 4.98 Å². The van der Waals surface area contributed by atoms with Gasteiger partial charge in [-0.3, -0.25) is 5.10 Å². The number of rotatable bonds is 4. The summed E-state index contributed by atoms with van der Waals surface area (Å²) in [6.07, 6.45) is -3.44. The lowest BCUT2D eigenvalue weighted by molar-refractivity contribution is -0.139. The number of pyridine rings is 1. The maximum atomic E-state index is 13.2. The number of fused-ring (bicyclic) bond motifs is 1. The van der Waals surface area contributed by atoms with Gasteiger partial charge in [0.25, 0.3) is 0 Å². The molecule has 3 N–H and O–H groups in total. The van der Waals surface area contributed by atoms with Crippen molar-refractivity contribution in [2.24, 2.45) is 5.73 Å². The third kappa shape index (κ3) is 2.85. The number of nitrogens with zero attached hydrogens (tertiary/aromatic N) is 2. The molecule has 0 amide bonds. The fraction of sp³-hybridized carbons (Fsp3) is 0.250. The normalized spacial score (nSPS) is 13.4. The Morgan fingerprint density at radius 2 is 2.08 bits per heavy atom. The number of aromatic nitrogens is 3. The summed E-state index contributed by atoms with van der Waals surface area (Å²) >= 11 is 0. The Labute approximate surface area is 135 Å². The number of hydrogen-bond donors (Lipinski definition) is 2. The second-order valence-electron chi connectivity index (χ2n) is 5.24. The highest BCUT2D eigenvalue weighted by molar-refractivity contribution is 5.94. The fourth-order valence-electron chi connectivity index (χ4n) is 2.67. The zero-order valence-corrected chi connectivity index (χ0v) is 12.8. The molecule has 24 heavy (non-hydrogen) atoms. The summed E-state index contributed by atoms with van der Waals surface area (Å²) in [5, 5.41) is 5.65. The monoisotopic (exact) mass is 336 g/mol. The van der Waals surface area contributed by atoms with Crippen molar-refractivity contribution in [1.82, 2.24) is 15.2 Å². The number of nitrogens with one attached hydrogen (secondary N) is 1. The van der Waals surface area contributed by atoms with Crippen LogP contribution in [-0.2, 0) is 10.9 Å². The van der Waals surface area contributed by atoms with E-state index in [9.17, 15) is 13.2 Å². The SMILES string of the molecule is COC(CN)c1cccc(-c2ccnc3n[nH]c(C(F)(F)F)c23)c1. The molecule has 0 aliphatic carbocycles. The molecule has 5 nitrogen and oxygen atoms in total. The molecule has 3 aromatic rings. The molecule has 2 heterocycles. The van der Waals surface area contributed by atoms with E-state index in [0.717, 1.165) is 5.56 Å². The number of ether oxygens (including phenoxy) is 1. The van der Waals surface area contributed by atoms with Crippen molar-refractivity contribution >= 4 is 11.0 Å². The largest absolute Gasteiger partial charge is 0.433 e. The molecule has 0 spiro atoms. The van der Waals surface area contributed by atoms with Crippen LogP contribution in [-0.4, -0.2) is 28.8 Å². The van der Waals surface area contributed by atoms with Gasteiger partial charge < -0.3 is 10.5 Å². The topological polar surface area (TPSA) is 76.8 Å². The number of nitrogens with two attached hydrogens (primary N) is 1. The van der Waals surface area contributed by atoms with E-state index in [1.54, 1.807) is 18.2 Å². The summed E-state index contributed by atoms with van der Waals surface area (Å²) in [4.78, 5) is 3.90. The molecule has 2 aromatic heterocycles. The molecule has 0 saturated carbocycles. The van der Waals surface area contributed by atoms with Crippen molar-refractivity contribution in [2.75, 3.05) is 13.7 Å². The molecule has 0 saturated heterocycles. The molecular weight excluding hydrogens is 321 g/mol. The number of methoxy groups -OCH3 is 1. The Kier molecular flexibility index (Phi) is 4.25. The first-order chi connectivity index (χ1) is 11.5. The van der Waals surface area contributed by atoms with Crippen LogP contribution < -0.4 is 5.73 Å². The maximum Gasteiger partial charge on any atom is 0.433 e. The van der Waals surface area contributed by atoms with Gasteiger partial charge in [0.15, 0.2) is 5.65 Å². The highest BCUT2D eigenvalue weighted by atomic mass is 19.4. The molecule has 1 aromatic carbocycles. The van der Waals surface area contributed by atoms with Gasteiger partial charge in [-0.2, -0.15) is 18.3 Å². The Bertz CT molecular complexity index is 856. The minimum atomic E-state index is -4.55. The summed E-state index contributed by atoms with van der Waals surface area (Å²) in [6.45, 7) is 0.269. The minimum absolute atomic E-state index is 0.0207. The molecular formula is C16H15F3N4O. The van der Waals surface area contributed by atoms with Crippen LogP contribution in [0.2, 0.25) is 0 Å². The molecule has 0 aliphatic rings. The molecule has 0 radical (unpaired) electrons. The van der Waals surface area contributed by atoms with Crippen molar-refractivity contribution in [2.45, 2.75) is 12.3 Å². The average Bonchev–Trinajstić information content (AvgIpc) is 3.00. The molecule has 0 aliphatic heterocycles. The van der Waals surface area contributed by atoms with Gasteiger partial charge in [0.1, 0.15) is 5.69 Å². The Morgan fingerprint density at radius 3 is 2.75 bits per heavy atom. The molecule has 8 heteroatoms. The molecule has 0 fully saturated rings. The van der Waals surface area contributed by atoms with Crippen LogP contribution in [0.3, 0.4) is 0 Å². The van der Waals surface area contributed by atoms with Crippen LogP contribution in [0.5, 0.6) is 0 Å². The van der Waals surface area contributed by atoms with Crippen LogP contribution in [0, 0.1) is 0 Å². The van der Waals surface area contributed by atoms with Crippen LogP contribution in [0.25, 0.3) is 22.2 Å².